The van der Waals surface area contributed by atoms with Gasteiger partial charge in [0.25, 0.3) is 10.0 Å². The van der Waals surface area contributed by atoms with Crippen molar-refractivity contribution in [2.45, 2.75) is 18.2 Å². The Balaban J connectivity index is 1.71. The molecular weight excluding hydrogens is 334 g/mol. The molecule has 0 aliphatic heterocycles. The van der Waals surface area contributed by atoms with Crippen LogP contribution < -0.4 is 10.0 Å². The molecule has 0 atom stereocenters. The molecule has 0 saturated heterocycles. The van der Waals surface area contributed by atoms with Gasteiger partial charge in [-0.25, -0.2) is 13.4 Å². The van der Waals surface area contributed by atoms with Crippen LogP contribution in [-0.4, -0.2) is 13.4 Å². The second-order valence-electron chi connectivity index (χ2n) is 5.53. The normalized spacial score (nSPS) is 11.1. The number of hydrogen-bond acceptors (Lipinski definition) is 4. The number of nitrogens with zero attached hydrogens (tertiary/aromatic N) is 1. The van der Waals surface area contributed by atoms with Crippen LogP contribution in [0, 0.1) is 0 Å². The fourth-order valence-corrected chi connectivity index (χ4v) is 3.33. The average molecular weight is 353 g/mol. The molecule has 0 saturated carbocycles. The summed E-state index contributed by atoms with van der Waals surface area (Å²) in [7, 11) is -3.64. The zero-order valence-corrected chi connectivity index (χ0v) is 14.6. The number of nitrogens with one attached hydrogen (secondary N) is 2. The Labute approximate surface area is 147 Å². The summed E-state index contributed by atoms with van der Waals surface area (Å²) >= 11 is 0. The molecule has 0 bridgehead atoms. The van der Waals surface area contributed by atoms with Crippen LogP contribution in [0.25, 0.3) is 0 Å². The lowest BCUT2D eigenvalue weighted by Gasteiger charge is -2.09. The van der Waals surface area contributed by atoms with Crippen LogP contribution in [0.5, 0.6) is 0 Å². The van der Waals surface area contributed by atoms with Crippen molar-refractivity contribution >= 4 is 27.2 Å². The Morgan fingerprint density at radius 1 is 0.880 bits per heavy atom. The molecule has 1 aromatic heterocycles. The van der Waals surface area contributed by atoms with E-state index in [1.54, 1.807) is 30.5 Å². The molecule has 0 aliphatic carbocycles. The standard InChI is InChI=1S/C19H19N3O2S/c1-2-15-8-11-18(12-9-15)25(23,24)22-19-13-10-17(14-20-19)21-16-6-4-3-5-7-16/h3-14,21H,2H2,1H3,(H,20,22). The molecule has 5 nitrogen and oxygen atoms in total. The maximum absolute atomic E-state index is 12.4. The molecule has 0 amide bonds. The van der Waals surface area contributed by atoms with Crippen molar-refractivity contribution in [1.29, 1.82) is 0 Å². The van der Waals surface area contributed by atoms with Crippen molar-refractivity contribution in [3.05, 3.63) is 78.5 Å². The lowest BCUT2D eigenvalue weighted by atomic mass is 10.2. The highest BCUT2D eigenvalue weighted by Crippen LogP contribution is 2.19. The van der Waals surface area contributed by atoms with E-state index in [-0.39, 0.29) is 10.7 Å². The Kier molecular flexibility index (Phi) is 5.00. The van der Waals surface area contributed by atoms with Gasteiger partial charge in [-0.05, 0) is 48.4 Å². The molecule has 128 valence electrons. The Morgan fingerprint density at radius 3 is 2.20 bits per heavy atom. The molecule has 3 aromatic rings. The number of hydrogen-bond donors (Lipinski definition) is 2. The predicted molar refractivity (Wildman–Crippen MR) is 101 cm³/mol. The molecule has 25 heavy (non-hydrogen) atoms. The minimum absolute atomic E-state index is 0.220. The monoisotopic (exact) mass is 353 g/mol. The van der Waals surface area contributed by atoms with E-state index in [0.29, 0.717) is 0 Å². The second-order valence-corrected chi connectivity index (χ2v) is 7.21. The van der Waals surface area contributed by atoms with Crippen LogP contribution in [-0.2, 0) is 16.4 Å². The van der Waals surface area contributed by atoms with Crippen LogP contribution in [0.2, 0.25) is 0 Å². The molecule has 0 radical (unpaired) electrons. The molecule has 3 rings (SSSR count). The second kappa shape index (κ2) is 7.36. The molecular formula is C19H19N3O2S. The Hall–Kier alpha value is -2.86. The van der Waals surface area contributed by atoms with Crippen LogP contribution in [0.1, 0.15) is 12.5 Å². The lowest BCUT2D eigenvalue weighted by molar-refractivity contribution is 0.601. The number of aromatic nitrogens is 1. The van der Waals surface area contributed by atoms with Crippen molar-refractivity contribution in [2.75, 3.05) is 10.0 Å². The van der Waals surface area contributed by atoms with Gasteiger partial charge >= 0.3 is 0 Å². The first-order chi connectivity index (χ1) is 12.1. The smallest absolute Gasteiger partial charge is 0.263 e. The number of rotatable bonds is 6. The van der Waals surface area contributed by atoms with Gasteiger partial charge in [-0.2, -0.15) is 0 Å². The van der Waals surface area contributed by atoms with Gasteiger partial charge in [0.1, 0.15) is 5.82 Å². The molecule has 6 heteroatoms. The summed E-state index contributed by atoms with van der Waals surface area (Å²) in [6.07, 6.45) is 2.45. The summed E-state index contributed by atoms with van der Waals surface area (Å²) < 4.78 is 27.3. The van der Waals surface area contributed by atoms with Crippen LogP contribution in [0.4, 0.5) is 17.2 Å². The van der Waals surface area contributed by atoms with Gasteiger partial charge in [0.2, 0.25) is 0 Å². The number of pyridine rings is 1. The zero-order valence-electron chi connectivity index (χ0n) is 13.8. The minimum Gasteiger partial charge on any atom is -0.354 e. The highest BCUT2D eigenvalue weighted by Gasteiger charge is 2.14. The van der Waals surface area contributed by atoms with Crippen molar-refractivity contribution in [1.82, 2.24) is 4.98 Å². The van der Waals surface area contributed by atoms with Gasteiger partial charge in [-0.3, -0.25) is 4.72 Å². The quantitative estimate of drug-likeness (QED) is 0.697. The summed E-state index contributed by atoms with van der Waals surface area (Å²) in [5.41, 5.74) is 2.81. The highest BCUT2D eigenvalue weighted by molar-refractivity contribution is 7.92. The van der Waals surface area contributed by atoms with E-state index < -0.39 is 10.0 Å². The third-order valence-electron chi connectivity index (χ3n) is 3.71. The number of benzene rings is 2. The van der Waals surface area contributed by atoms with Crippen molar-refractivity contribution in [3.8, 4) is 0 Å². The number of para-hydroxylation sites is 1. The van der Waals surface area contributed by atoms with E-state index in [1.165, 1.54) is 0 Å². The van der Waals surface area contributed by atoms with E-state index in [0.717, 1.165) is 23.4 Å². The summed E-state index contributed by atoms with van der Waals surface area (Å²) in [6.45, 7) is 2.02. The largest absolute Gasteiger partial charge is 0.354 e. The Bertz CT molecular complexity index is 923. The number of aryl methyl sites for hydroxylation is 1. The van der Waals surface area contributed by atoms with Crippen LogP contribution in [0.3, 0.4) is 0 Å². The van der Waals surface area contributed by atoms with Crippen molar-refractivity contribution in [2.24, 2.45) is 0 Å². The van der Waals surface area contributed by atoms with Gasteiger partial charge in [0, 0.05) is 5.69 Å². The summed E-state index contributed by atoms with van der Waals surface area (Å²) in [5, 5.41) is 3.20. The van der Waals surface area contributed by atoms with Gasteiger partial charge in [-0.1, -0.05) is 37.3 Å². The number of anilines is 3. The first-order valence-electron chi connectivity index (χ1n) is 7.97. The average Bonchev–Trinajstić information content (AvgIpc) is 2.64. The molecule has 0 unspecified atom stereocenters. The van der Waals surface area contributed by atoms with E-state index in [9.17, 15) is 8.42 Å². The fourth-order valence-electron chi connectivity index (χ4n) is 2.32. The molecule has 0 spiro atoms. The Morgan fingerprint density at radius 2 is 1.60 bits per heavy atom. The van der Waals surface area contributed by atoms with Crippen LogP contribution >= 0.6 is 0 Å². The SMILES string of the molecule is CCc1ccc(S(=O)(=O)Nc2ccc(Nc3ccccc3)cn2)cc1. The fraction of sp³-hybridized carbons (Fsp3) is 0.105. The van der Waals surface area contributed by atoms with Crippen LogP contribution in [0.15, 0.2) is 77.8 Å². The molecule has 1 heterocycles. The number of sulfonamides is 1. The highest BCUT2D eigenvalue weighted by atomic mass is 32.2. The van der Waals surface area contributed by atoms with Gasteiger partial charge in [0.15, 0.2) is 0 Å². The zero-order chi connectivity index (χ0) is 17.7. The summed E-state index contributed by atoms with van der Waals surface area (Å²) in [5.74, 6) is 0.276. The van der Waals surface area contributed by atoms with Crippen molar-refractivity contribution in [3.63, 3.8) is 0 Å². The predicted octanol–water partition coefficient (Wildman–Crippen LogP) is 4.19. The van der Waals surface area contributed by atoms with E-state index >= 15 is 0 Å². The maximum atomic E-state index is 12.4. The summed E-state index contributed by atoms with van der Waals surface area (Å²) in [4.78, 5) is 4.39. The molecule has 0 aliphatic rings. The third-order valence-corrected chi connectivity index (χ3v) is 5.08. The van der Waals surface area contributed by atoms with E-state index in [4.69, 9.17) is 0 Å². The van der Waals surface area contributed by atoms with Gasteiger partial charge in [0.05, 0.1) is 16.8 Å². The van der Waals surface area contributed by atoms with Crippen molar-refractivity contribution < 1.29 is 8.42 Å². The van der Waals surface area contributed by atoms with E-state index in [1.807, 2.05) is 49.4 Å². The van der Waals surface area contributed by atoms with Gasteiger partial charge in [-0.15, -0.1) is 0 Å². The molecule has 0 fully saturated rings. The molecule has 2 N–H and O–H groups in total. The molecule has 2 aromatic carbocycles. The van der Waals surface area contributed by atoms with Gasteiger partial charge < -0.3 is 5.32 Å². The minimum atomic E-state index is -3.64. The van der Waals surface area contributed by atoms with E-state index in [2.05, 4.69) is 15.0 Å². The maximum Gasteiger partial charge on any atom is 0.263 e. The first kappa shape index (κ1) is 17.0. The topological polar surface area (TPSA) is 71.1 Å². The summed E-state index contributed by atoms with van der Waals surface area (Å²) in [6, 6.07) is 19.9. The first-order valence-corrected chi connectivity index (χ1v) is 9.45. The lowest BCUT2D eigenvalue weighted by Crippen LogP contribution is -2.13. The third kappa shape index (κ3) is 4.36.